The number of allylic oxidation sites excluding steroid dienone is 1. The normalized spacial score (nSPS) is 11.8. The zero-order valence-corrected chi connectivity index (χ0v) is 17.0. The van der Waals surface area contributed by atoms with E-state index in [1.165, 1.54) is 12.7 Å². The van der Waals surface area contributed by atoms with Crippen LogP contribution < -0.4 is 10.2 Å². The molecule has 0 atom stereocenters. The van der Waals surface area contributed by atoms with Crippen LogP contribution in [-0.2, 0) is 0 Å². The van der Waals surface area contributed by atoms with Gasteiger partial charge in [0.2, 0.25) is 0 Å². The molecule has 2 aromatic rings. The molecule has 0 aromatic heterocycles. The predicted molar refractivity (Wildman–Crippen MR) is 111 cm³/mol. The molecular formula is C21H23BrN2O2. The van der Waals surface area contributed by atoms with Crippen molar-refractivity contribution in [2.24, 2.45) is 5.10 Å². The van der Waals surface area contributed by atoms with Crippen LogP contribution in [0.4, 0.5) is 0 Å². The second kappa shape index (κ2) is 9.34. The number of rotatable bonds is 6. The lowest BCUT2D eigenvalue weighted by atomic mass is 10.0. The van der Waals surface area contributed by atoms with Gasteiger partial charge in [-0.15, -0.1) is 0 Å². The number of carbonyl (C=O) groups is 1. The number of hydrogen-bond acceptors (Lipinski definition) is 3. The molecule has 0 fully saturated rings. The maximum absolute atomic E-state index is 12.2. The summed E-state index contributed by atoms with van der Waals surface area (Å²) in [7, 11) is 1.53. The monoisotopic (exact) mass is 414 g/mol. The lowest BCUT2D eigenvalue weighted by molar-refractivity contribution is 0.0952. The van der Waals surface area contributed by atoms with E-state index >= 15 is 0 Å². The minimum Gasteiger partial charge on any atom is -0.496 e. The maximum atomic E-state index is 12.2. The van der Waals surface area contributed by atoms with Gasteiger partial charge in [-0.05, 0) is 47.7 Å². The highest BCUT2D eigenvalue weighted by molar-refractivity contribution is 9.10. The maximum Gasteiger partial charge on any atom is 0.275 e. The van der Waals surface area contributed by atoms with E-state index in [1.54, 1.807) is 24.4 Å². The smallest absolute Gasteiger partial charge is 0.275 e. The van der Waals surface area contributed by atoms with Crippen LogP contribution in [-0.4, -0.2) is 19.2 Å². The van der Waals surface area contributed by atoms with Crippen molar-refractivity contribution in [3.63, 3.8) is 0 Å². The first kappa shape index (κ1) is 19.9. The van der Waals surface area contributed by atoms with Crippen LogP contribution in [0.3, 0.4) is 0 Å². The average Bonchev–Trinajstić information content (AvgIpc) is 2.61. The highest BCUT2D eigenvalue weighted by Gasteiger charge is 2.11. The number of halogens is 1. The molecule has 0 unspecified atom stereocenters. The van der Waals surface area contributed by atoms with Crippen LogP contribution in [0.15, 0.2) is 57.6 Å². The van der Waals surface area contributed by atoms with Crippen molar-refractivity contribution in [3.05, 3.63) is 69.2 Å². The molecule has 2 rings (SSSR count). The van der Waals surface area contributed by atoms with E-state index in [9.17, 15) is 4.79 Å². The number of methoxy groups -OCH3 is 1. The number of carbonyl (C=O) groups excluding carboxylic acids is 1. The molecule has 2 aromatic carbocycles. The number of benzene rings is 2. The van der Waals surface area contributed by atoms with Gasteiger partial charge in [-0.1, -0.05) is 60.1 Å². The molecular weight excluding hydrogens is 392 g/mol. The van der Waals surface area contributed by atoms with Crippen LogP contribution in [0.2, 0.25) is 0 Å². The Bertz CT molecular complexity index is 824. The Balaban J connectivity index is 2.02. The van der Waals surface area contributed by atoms with Gasteiger partial charge in [0.15, 0.2) is 0 Å². The Morgan fingerprint density at radius 3 is 2.50 bits per heavy atom. The van der Waals surface area contributed by atoms with E-state index in [1.807, 2.05) is 13.0 Å². The topological polar surface area (TPSA) is 50.7 Å². The molecule has 0 heterocycles. The zero-order chi connectivity index (χ0) is 19.1. The summed E-state index contributed by atoms with van der Waals surface area (Å²) in [5.74, 6) is 0.686. The van der Waals surface area contributed by atoms with Gasteiger partial charge < -0.3 is 4.74 Å². The molecule has 1 amide bonds. The van der Waals surface area contributed by atoms with Crippen molar-refractivity contribution in [3.8, 4) is 5.75 Å². The first-order valence-electron chi connectivity index (χ1n) is 8.36. The van der Waals surface area contributed by atoms with Crippen LogP contribution in [0.1, 0.15) is 48.2 Å². The zero-order valence-electron chi connectivity index (χ0n) is 15.4. The summed E-state index contributed by atoms with van der Waals surface area (Å²) in [6.07, 6.45) is 3.64. The summed E-state index contributed by atoms with van der Waals surface area (Å²) >= 11 is 3.35. The Kier molecular flexibility index (Phi) is 7.16. The van der Waals surface area contributed by atoms with Crippen LogP contribution in [0.25, 0.3) is 6.08 Å². The van der Waals surface area contributed by atoms with Gasteiger partial charge in [-0.2, -0.15) is 5.10 Å². The number of nitrogens with zero attached hydrogens (tertiary/aromatic N) is 1. The molecule has 5 heteroatoms. The third kappa shape index (κ3) is 5.56. The molecule has 0 aliphatic carbocycles. The van der Waals surface area contributed by atoms with E-state index in [4.69, 9.17) is 4.74 Å². The summed E-state index contributed by atoms with van der Waals surface area (Å²) in [5, 5.41) is 4.03. The van der Waals surface area contributed by atoms with Crippen molar-refractivity contribution in [2.45, 2.75) is 26.7 Å². The van der Waals surface area contributed by atoms with Crippen LogP contribution in [0.5, 0.6) is 5.75 Å². The molecule has 0 aliphatic heterocycles. The molecule has 0 spiro atoms. The summed E-state index contributed by atoms with van der Waals surface area (Å²) in [6, 6.07) is 13.6. The molecule has 1 N–H and O–H groups in total. The number of hydrazone groups is 1. The highest BCUT2D eigenvalue weighted by atomic mass is 79.9. The fourth-order valence-electron chi connectivity index (χ4n) is 2.38. The van der Waals surface area contributed by atoms with E-state index in [-0.39, 0.29) is 5.91 Å². The van der Waals surface area contributed by atoms with Gasteiger partial charge in [-0.25, -0.2) is 5.43 Å². The quantitative estimate of drug-likeness (QED) is 0.507. The minimum atomic E-state index is -0.320. The van der Waals surface area contributed by atoms with Gasteiger partial charge in [0, 0.05) is 4.47 Å². The molecule has 0 saturated carbocycles. The van der Waals surface area contributed by atoms with E-state index in [0.29, 0.717) is 17.2 Å². The van der Waals surface area contributed by atoms with Gasteiger partial charge in [0.1, 0.15) is 5.75 Å². The number of ether oxygens (including phenoxy) is 1. The minimum absolute atomic E-state index is 0.320. The van der Waals surface area contributed by atoms with E-state index in [2.05, 4.69) is 64.6 Å². The largest absolute Gasteiger partial charge is 0.496 e. The van der Waals surface area contributed by atoms with Gasteiger partial charge in [0.25, 0.3) is 5.91 Å². The first-order valence-corrected chi connectivity index (χ1v) is 9.15. The Morgan fingerprint density at radius 1 is 1.19 bits per heavy atom. The molecule has 0 aliphatic rings. The third-order valence-electron chi connectivity index (χ3n) is 3.84. The first-order chi connectivity index (χ1) is 12.4. The van der Waals surface area contributed by atoms with Crippen molar-refractivity contribution >= 4 is 34.1 Å². The van der Waals surface area contributed by atoms with Crippen LogP contribution >= 0.6 is 15.9 Å². The molecule has 0 bridgehead atoms. The molecule has 4 nitrogen and oxygen atoms in total. The lowest BCUT2D eigenvalue weighted by Crippen LogP contribution is -2.18. The Labute approximate surface area is 163 Å². The van der Waals surface area contributed by atoms with Crippen LogP contribution in [0, 0.1) is 0 Å². The summed E-state index contributed by atoms with van der Waals surface area (Å²) in [6.45, 7) is 6.28. The lowest BCUT2D eigenvalue weighted by Gasteiger charge is -2.07. The standard InChI is InChI=1S/C21H23BrN2O2/c1-14(2)17-7-5-16(6-8-17)11-15(3)13-23-24-21(25)19-10-9-18(22)12-20(19)26-4/h5-14H,1-4H3,(H,24,25). The predicted octanol–water partition coefficient (Wildman–Crippen LogP) is 5.40. The fraction of sp³-hybridized carbons (Fsp3) is 0.238. The fourth-order valence-corrected chi connectivity index (χ4v) is 2.72. The van der Waals surface area contributed by atoms with Crippen molar-refractivity contribution < 1.29 is 9.53 Å². The van der Waals surface area contributed by atoms with E-state index in [0.717, 1.165) is 15.6 Å². The molecule has 0 radical (unpaired) electrons. The number of hydrogen-bond donors (Lipinski definition) is 1. The highest BCUT2D eigenvalue weighted by Crippen LogP contribution is 2.23. The van der Waals surface area contributed by atoms with E-state index < -0.39 is 0 Å². The second-order valence-corrected chi connectivity index (χ2v) is 7.17. The Morgan fingerprint density at radius 2 is 1.88 bits per heavy atom. The van der Waals surface area contributed by atoms with Gasteiger partial charge >= 0.3 is 0 Å². The van der Waals surface area contributed by atoms with Crippen molar-refractivity contribution in [2.75, 3.05) is 7.11 Å². The summed E-state index contributed by atoms with van der Waals surface area (Å²) in [4.78, 5) is 12.2. The van der Waals surface area contributed by atoms with Gasteiger partial charge in [0.05, 0.1) is 18.9 Å². The number of amides is 1. The summed E-state index contributed by atoms with van der Waals surface area (Å²) < 4.78 is 6.07. The van der Waals surface area contributed by atoms with Gasteiger partial charge in [-0.3, -0.25) is 4.79 Å². The third-order valence-corrected chi connectivity index (χ3v) is 4.33. The molecule has 136 valence electrons. The van der Waals surface area contributed by atoms with Crippen molar-refractivity contribution in [1.82, 2.24) is 5.43 Å². The average molecular weight is 415 g/mol. The summed E-state index contributed by atoms with van der Waals surface area (Å²) in [5.41, 5.74) is 6.30. The SMILES string of the molecule is COc1cc(Br)ccc1C(=O)NN=CC(C)=Cc1ccc(C(C)C)cc1. The molecule has 0 saturated heterocycles. The number of nitrogens with one attached hydrogen (secondary N) is 1. The Hall–Kier alpha value is -2.40. The second-order valence-electron chi connectivity index (χ2n) is 6.25. The molecule has 26 heavy (non-hydrogen) atoms. The van der Waals surface area contributed by atoms with Crippen molar-refractivity contribution in [1.29, 1.82) is 0 Å².